The molecule has 21 heavy (non-hydrogen) atoms. The Labute approximate surface area is 121 Å². The van der Waals surface area contributed by atoms with Crippen LogP contribution in [0.3, 0.4) is 0 Å². The quantitative estimate of drug-likeness (QED) is 0.276. The van der Waals surface area contributed by atoms with Crippen LogP contribution in [0.2, 0.25) is 0 Å². The molecule has 0 aliphatic rings. The molecule has 2 unspecified atom stereocenters. The number of hydrogen-bond acceptors (Lipinski definition) is 5. The van der Waals surface area contributed by atoms with Crippen LogP contribution >= 0.6 is 0 Å². The second-order valence-electron chi connectivity index (χ2n) is 4.47. The molecule has 2 atom stereocenters. The highest BCUT2D eigenvalue weighted by molar-refractivity contribution is 6.07. The van der Waals surface area contributed by atoms with Crippen LogP contribution in [0.4, 0.5) is 0 Å². The Morgan fingerprint density at radius 2 is 2.14 bits per heavy atom. The van der Waals surface area contributed by atoms with Crippen molar-refractivity contribution in [2.75, 3.05) is 0 Å². The summed E-state index contributed by atoms with van der Waals surface area (Å²) >= 11 is 0. The van der Waals surface area contributed by atoms with Crippen molar-refractivity contribution in [3.63, 3.8) is 0 Å². The van der Waals surface area contributed by atoms with E-state index in [1.807, 2.05) is 6.07 Å². The molecule has 1 heterocycles. The molecule has 110 valence electrons. The zero-order valence-corrected chi connectivity index (χ0v) is 11.4. The molecular weight excluding hydrogens is 272 g/mol. The lowest BCUT2D eigenvalue weighted by Gasteiger charge is -2.18. The van der Waals surface area contributed by atoms with E-state index in [0.717, 1.165) is 0 Å². The minimum Gasteiger partial charge on any atom is -0.409 e. The largest absolute Gasteiger partial charge is 0.409 e. The molecule has 8 heteroatoms. The molecule has 5 N–H and O–H groups in total. The van der Waals surface area contributed by atoms with E-state index in [1.54, 1.807) is 31.2 Å². The molecule has 0 aliphatic carbocycles. The van der Waals surface area contributed by atoms with Gasteiger partial charge >= 0.3 is 0 Å². The van der Waals surface area contributed by atoms with Gasteiger partial charge in [-0.15, -0.1) is 0 Å². The number of carbonyl (C=O) groups is 1. The Morgan fingerprint density at radius 3 is 2.71 bits per heavy atom. The zero-order valence-electron chi connectivity index (χ0n) is 11.4. The average molecular weight is 288 g/mol. The molecule has 0 saturated carbocycles. The number of H-pyrrole nitrogens is 1. The average Bonchev–Trinajstić information content (AvgIpc) is 3.02. The maximum atomic E-state index is 12.4. The van der Waals surface area contributed by atoms with Gasteiger partial charge in [-0.05, 0) is 12.5 Å². The lowest BCUT2D eigenvalue weighted by atomic mass is 9.97. The van der Waals surface area contributed by atoms with Crippen LogP contribution in [0, 0.1) is 0 Å². The number of amides is 1. The Balaban J connectivity index is 2.20. The number of rotatable bonds is 5. The third-order valence-corrected chi connectivity index (χ3v) is 3.01. The third kappa shape index (κ3) is 3.35. The molecule has 0 bridgehead atoms. The molecule has 0 fully saturated rings. The second-order valence-corrected chi connectivity index (χ2v) is 4.47. The van der Waals surface area contributed by atoms with Gasteiger partial charge in [-0.3, -0.25) is 9.89 Å². The highest BCUT2D eigenvalue weighted by Gasteiger charge is 2.27. The molecule has 1 aromatic heterocycles. The number of nitrogens with one attached hydrogen (secondary N) is 2. The predicted octanol–water partition coefficient (Wildman–Crippen LogP) is 0.512. The fourth-order valence-electron chi connectivity index (χ4n) is 1.95. The van der Waals surface area contributed by atoms with Crippen LogP contribution < -0.4 is 11.1 Å². The Morgan fingerprint density at radius 1 is 1.43 bits per heavy atom. The van der Waals surface area contributed by atoms with Crippen molar-refractivity contribution in [3.8, 4) is 0 Å². The Kier molecular flexibility index (Phi) is 4.50. The van der Waals surface area contributed by atoms with E-state index in [0.29, 0.717) is 11.4 Å². The lowest BCUT2D eigenvalue weighted by molar-refractivity contribution is -0.121. The van der Waals surface area contributed by atoms with Gasteiger partial charge in [0.2, 0.25) is 5.91 Å². The highest BCUT2D eigenvalue weighted by Crippen LogP contribution is 2.17. The first-order chi connectivity index (χ1) is 10.1. The number of aromatic nitrogens is 3. The predicted molar refractivity (Wildman–Crippen MR) is 75.5 cm³/mol. The molecule has 8 nitrogen and oxygen atoms in total. The second kappa shape index (κ2) is 6.51. The summed E-state index contributed by atoms with van der Waals surface area (Å²) in [6.07, 6.45) is 1.36. The fourth-order valence-corrected chi connectivity index (χ4v) is 1.95. The van der Waals surface area contributed by atoms with Gasteiger partial charge in [-0.1, -0.05) is 35.5 Å². The molecule has 0 spiro atoms. The Bertz CT molecular complexity index is 611. The Hall–Kier alpha value is -2.90. The van der Waals surface area contributed by atoms with Crippen molar-refractivity contribution in [2.45, 2.75) is 18.9 Å². The molecule has 1 amide bonds. The summed E-state index contributed by atoms with van der Waals surface area (Å²) in [6, 6.07) is 8.48. The summed E-state index contributed by atoms with van der Waals surface area (Å²) in [6.45, 7) is 1.76. The van der Waals surface area contributed by atoms with Crippen molar-refractivity contribution in [3.05, 3.63) is 48.0 Å². The van der Waals surface area contributed by atoms with Gasteiger partial charge in [0.15, 0.2) is 5.84 Å². The monoisotopic (exact) mass is 288 g/mol. The summed E-state index contributed by atoms with van der Waals surface area (Å²) in [5, 5.41) is 21.0. The van der Waals surface area contributed by atoms with Crippen LogP contribution in [0.5, 0.6) is 0 Å². The van der Waals surface area contributed by atoms with Crippen LogP contribution in [-0.2, 0) is 4.79 Å². The molecular formula is C13H16N6O2. The molecule has 0 saturated heterocycles. The fraction of sp³-hybridized carbons (Fsp3) is 0.231. The van der Waals surface area contributed by atoms with Gasteiger partial charge in [-0.2, -0.15) is 5.10 Å². The van der Waals surface area contributed by atoms with Crippen LogP contribution in [-0.4, -0.2) is 32.1 Å². The number of aromatic amines is 1. The van der Waals surface area contributed by atoms with Gasteiger partial charge in [0, 0.05) is 0 Å². The topological polar surface area (TPSA) is 129 Å². The van der Waals surface area contributed by atoms with Gasteiger partial charge in [-0.25, -0.2) is 4.98 Å². The van der Waals surface area contributed by atoms with E-state index in [-0.39, 0.29) is 17.8 Å². The lowest BCUT2D eigenvalue weighted by Crippen LogP contribution is -2.38. The van der Waals surface area contributed by atoms with Crippen LogP contribution in [0.25, 0.3) is 0 Å². The first-order valence-electron chi connectivity index (χ1n) is 6.31. The van der Waals surface area contributed by atoms with E-state index in [4.69, 9.17) is 10.9 Å². The van der Waals surface area contributed by atoms with E-state index >= 15 is 0 Å². The van der Waals surface area contributed by atoms with E-state index in [1.165, 1.54) is 6.33 Å². The SMILES string of the molecule is CC(NC(=O)C(/C(N)=N/O)c1ccccc1)c1ncn[nH]1. The molecule has 2 rings (SSSR count). The van der Waals surface area contributed by atoms with Crippen molar-refractivity contribution in [2.24, 2.45) is 10.9 Å². The van der Waals surface area contributed by atoms with Gasteiger partial charge in [0.05, 0.1) is 6.04 Å². The summed E-state index contributed by atoms with van der Waals surface area (Å²) in [5.41, 5.74) is 6.28. The van der Waals surface area contributed by atoms with Gasteiger partial charge in [0.1, 0.15) is 18.1 Å². The molecule has 1 aromatic carbocycles. The summed E-state index contributed by atoms with van der Waals surface area (Å²) < 4.78 is 0. The first-order valence-corrected chi connectivity index (χ1v) is 6.31. The minimum absolute atomic E-state index is 0.177. The third-order valence-electron chi connectivity index (χ3n) is 3.01. The van der Waals surface area contributed by atoms with Gasteiger partial charge < -0.3 is 16.3 Å². The first kappa shape index (κ1) is 14.5. The van der Waals surface area contributed by atoms with Crippen molar-refractivity contribution < 1.29 is 10.0 Å². The number of benzene rings is 1. The van der Waals surface area contributed by atoms with Crippen LogP contribution in [0.15, 0.2) is 41.8 Å². The number of amidine groups is 1. The minimum atomic E-state index is -0.874. The number of hydrogen-bond donors (Lipinski definition) is 4. The van der Waals surface area contributed by atoms with Crippen molar-refractivity contribution in [1.82, 2.24) is 20.5 Å². The van der Waals surface area contributed by atoms with Crippen molar-refractivity contribution in [1.29, 1.82) is 0 Å². The molecule has 0 radical (unpaired) electrons. The molecule has 0 aliphatic heterocycles. The number of carbonyl (C=O) groups excluding carboxylic acids is 1. The van der Waals surface area contributed by atoms with Crippen LogP contribution in [0.1, 0.15) is 30.3 Å². The van der Waals surface area contributed by atoms with E-state index in [9.17, 15) is 4.79 Å². The maximum Gasteiger partial charge on any atom is 0.235 e. The molecule has 2 aromatic rings. The summed E-state index contributed by atoms with van der Waals surface area (Å²) in [7, 11) is 0. The number of nitrogens with zero attached hydrogens (tertiary/aromatic N) is 3. The van der Waals surface area contributed by atoms with Gasteiger partial charge in [0.25, 0.3) is 0 Å². The highest BCUT2D eigenvalue weighted by atomic mass is 16.4. The normalized spacial score (nSPS) is 14.4. The maximum absolute atomic E-state index is 12.4. The number of oxime groups is 1. The summed E-state index contributed by atoms with van der Waals surface area (Å²) in [5.74, 6) is -0.917. The standard InChI is InChI=1S/C13H16N6O2/c1-8(12-15-7-16-18-12)17-13(20)10(11(14)19-21)9-5-3-2-4-6-9/h2-8,10,21H,1H3,(H2,14,19)(H,17,20)(H,15,16,18). The smallest absolute Gasteiger partial charge is 0.235 e. The number of nitrogens with two attached hydrogens (primary N) is 1. The van der Waals surface area contributed by atoms with E-state index < -0.39 is 5.92 Å². The summed E-state index contributed by atoms with van der Waals surface area (Å²) in [4.78, 5) is 16.4. The van der Waals surface area contributed by atoms with E-state index in [2.05, 4.69) is 25.7 Å². The van der Waals surface area contributed by atoms with Crippen molar-refractivity contribution >= 4 is 11.7 Å². The zero-order chi connectivity index (χ0) is 15.2.